The highest BCUT2D eigenvalue weighted by Gasteiger charge is 2.30. The quantitative estimate of drug-likeness (QED) is 0.745. The molecular formula is C24H29NO5. The van der Waals surface area contributed by atoms with Gasteiger partial charge in [0.2, 0.25) is 0 Å². The third-order valence-corrected chi connectivity index (χ3v) is 5.03. The van der Waals surface area contributed by atoms with Crippen LogP contribution >= 0.6 is 0 Å². The second-order valence-corrected chi connectivity index (χ2v) is 8.51. The molecule has 160 valence electrons. The van der Waals surface area contributed by atoms with Gasteiger partial charge in [-0.25, -0.2) is 9.59 Å². The molecule has 0 saturated carbocycles. The molecule has 0 fully saturated rings. The molecule has 2 unspecified atom stereocenters. The summed E-state index contributed by atoms with van der Waals surface area (Å²) in [7, 11) is 1.39. The second kappa shape index (κ2) is 8.78. The fourth-order valence-electron chi connectivity index (χ4n) is 3.63. The summed E-state index contributed by atoms with van der Waals surface area (Å²) >= 11 is 0. The van der Waals surface area contributed by atoms with Gasteiger partial charge in [0.05, 0.1) is 19.2 Å². The Hall–Kier alpha value is -3.02. The summed E-state index contributed by atoms with van der Waals surface area (Å²) in [6.45, 7) is 7.70. The Balaban J connectivity index is 1.84. The Labute approximate surface area is 177 Å². The highest BCUT2D eigenvalue weighted by atomic mass is 16.6. The smallest absolute Gasteiger partial charge is 0.407 e. The predicted octanol–water partition coefficient (Wildman–Crippen LogP) is 4.59. The summed E-state index contributed by atoms with van der Waals surface area (Å²) in [5.74, 6) is 0.465. The summed E-state index contributed by atoms with van der Waals surface area (Å²) in [5.41, 5.74) is 2.94. The first-order valence-electron chi connectivity index (χ1n) is 10.1. The number of fused-ring (bicyclic) bond motifs is 1. The molecular weight excluding hydrogens is 382 g/mol. The first-order valence-corrected chi connectivity index (χ1v) is 10.1. The van der Waals surface area contributed by atoms with Gasteiger partial charge in [-0.15, -0.1) is 0 Å². The maximum absolute atomic E-state index is 12.2. The van der Waals surface area contributed by atoms with Crippen LogP contribution < -0.4 is 10.1 Å². The van der Waals surface area contributed by atoms with Crippen molar-refractivity contribution in [2.75, 3.05) is 13.7 Å². The highest BCUT2D eigenvalue weighted by molar-refractivity contribution is 5.91. The topological polar surface area (TPSA) is 73.9 Å². The third kappa shape index (κ3) is 5.12. The van der Waals surface area contributed by atoms with Crippen LogP contribution in [0.2, 0.25) is 0 Å². The molecule has 1 amide bonds. The summed E-state index contributed by atoms with van der Waals surface area (Å²) in [6.07, 6.45) is -0.0265. The van der Waals surface area contributed by atoms with Crippen LogP contribution in [0.1, 0.15) is 60.2 Å². The Morgan fingerprint density at radius 3 is 2.60 bits per heavy atom. The summed E-state index contributed by atoms with van der Waals surface area (Å²) < 4.78 is 16.4. The lowest BCUT2D eigenvalue weighted by Crippen LogP contribution is -2.40. The van der Waals surface area contributed by atoms with Crippen molar-refractivity contribution < 1.29 is 23.8 Å². The normalized spacial score (nSPS) is 18.0. The van der Waals surface area contributed by atoms with Crippen molar-refractivity contribution in [2.45, 2.75) is 51.7 Å². The van der Waals surface area contributed by atoms with Gasteiger partial charge in [-0.3, -0.25) is 0 Å². The van der Waals surface area contributed by atoms with Gasteiger partial charge in [0, 0.05) is 11.5 Å². The summed E-state index contributed by atoms with van der Waals surface area (Å²) in [5, 5.41) is 2.80. The number of ether oxygens (including phenoxy) is 3. The maximum atomic E-state index is 12.2. The lowest BCUT2D eigenvalue weighted by atomic mass is 9.83. The van der Waals surface area contributed by atoms with E-state index in [1.165, 1.54) is 7.11 Å². The molecule has 1 N–H and O–H groups in total. The van der Waals surface area contributed by atoms with Gasteiger partial charge < -0.3 is 19.5 Å². The minimum Gasteiger partial charge on any atom is -0.488 e. The van der Waals surface area contributed by atoms with Gasteiger partial charge in [-0.2, -0.15) is 0 Å². The zero-order chi connectivity index (χ0) is 21.9. The molecule has 0 saturated heterocycles. The Morgan fingerprint density at radius 1 is 1.17 bits per heavy atom. The number of carbonyl (C=O) groups excluding carboxylic acids is 2. The SMILES string of the molecule is COC(=O)c1cc(C2CC(CNC(=O)OC(C)(C)C)Oc3ccccc32)ccc1C. The van der Waals surface area contributed by atoms with Crippen molar-refractivity contribution in [3.63, 3.8) is 0 Å². The molecule has 6 nitrogen and oxygen atoms in total. The Kier molecular flexibility index (Phi) is 6.34. The molecule has 1 aliphatic rings. The first-order chi connectivity index (χ1) is 14.2. The molecule has 1 aliphatic heterocycles. The number of carbonyl (C=O) groups is 2. The number of hydrogen-bond acceptors (Lipinski definition) is 5. The van der Waals surface area contributed by atoms with Crippen LogP contribution in [0, 0.1) is 6.92 Å². The van der Waals surface area contributed by atoms with E-state index in [9.17, 15) is 9.59 Å². The average Bonchev–Trinajstić information content (AvgIpc) is 2.70. The van der Waals surface area contributed by atoms with E-state index in [4.69, 9.17) is 14.2 Å². The molecule has 2 atom stereocenters. The van der Waals surface area contributed by atoms with Gasteiger partial charge >= 0.3 is 12.1 Å². The molecule has 30 heavy (non-hydrogen) atoms. The van der Waals surface area contributed by atoms with Gasteiger partial charge in [0.25, 0.3) is 0 Å². The Bertz CT molecular complexity index is 931. The number of esters is 1. The number of methoxy groups -OCH3 is 1. The zero-order valence-electron chi connectivity index (χ0n) is 18.2. The molecule has 2 aromatic carbocycles. The third-order valence-electron chi connectivity index (χ3n) is 5.03. The number of aryl methyl sites for hydroxylation is 1. The van der Waals surface area contributed by atoms with Crippen molar-refractivity contribution in [2.24, 2.45) is 0 Å². The highest BCUT2D eigenvalue weighted by Crippen LogP contribution is 2.40. The lowest BCUT2D eigenvalue weighted by molar-refractivity contribution is 0.0491. The first kappa shape index (κ1) is 21.7. The number of para-hydroxylation sites is 1. The van der Waals surface area contributed by atoms with Gasteiger partial charge in [-0.05, 0) is 57.4 Å². The number of alkyl carbamates (subject to hydrolysis) is 1. The number of benzene rings is 2. The van der Waals surface area contributed by atoms with E-state index in [-0.39, 0.29) is 18.0 Å². The molecule has 1 heterocycles. The lowest BCUT2D eigenvalue weighted by Gasteiger charge is -2.33. The summed E-state index contributed by atoms with van der Waals surface area (Å²) in [4.78, 5) is 24.2. The predicted molar refractivity (Wildman–Crippen MR) is 114 cm³/mol. The van der Waals surface area contributed by atoms with E-state index in [2.05, 4.69) is 5.32 Å². The largest absolute Gasteiger partial charge is 0.488 e. The molecule has 0 aromatic heterocycles. The molecule has 0 bridgehead atoms. The number of rotatable bonds is 4. The van der Waals surface area contributed by atoms with Crippen molar-refractivity contribution in [1.82, 2.24) is 5.32 Å². The number of amides is 1. The van der Waals surface area contributed by atoms with Crippen LogP contribution in [0.4, 0.5) is 4.79 Å². The molecule has 2 aromatic rings. The van der Waals surface area contributed by atoms with E-state index in [0.29, 0.717) is 18.5 Å². The van der Waals surface area contributed by atoms with Crippen molar-refractivity contribution in [1.29, 1.82) is 0 Å². The van der Waals surface area contributed by atoms with Crippen LogP contribution in [0.15, 0.2) is 42.5 Å². The molecule has 6 heteroatoms. The van der Waals surface area contributed by atoms with Crippen LogP contribution in [0.5, 0.6) is 5.75 Å². The van der Waals surface area contributed by atoms with Gasteiger partial charge in [-0.1, -0.05) is 30.3 Å². The van der Waals surface area contributed by atoms with E-state index in [1.54, 1.807) is 0 Å². The monoisotopic (exact) mass is 411 g/mol. The van der Waals surface area contributed by atoms with Gasteiger partial charge in [0.15, 0.2) is 0 Å². The van der Waals surface area contributed by atoms with Crippen molar-refractivity contribution in [3.8, 4) is 5.75 Å². The number of hydrogen-bond donors (Lipinski definition) is 1. The fraction of sp³-hybridized carbons (Fsp3) is 0.417. The Morgan fingerprint density at radius 2 is 1.90 bits per heavy atom. The molecule has 0 spiro atoms. The molecule has 0 radical (unpaired) electrons. The average molecular weight is 411 g/mol. The fourth-order valence-corrected chi connectivity index (χ4v) is 3.63. The van der Waals surface area contributed by atoms with Crippen molar-refractivity contribution >= 4 is 12.1 Å². The summed E-state index contributed by atoms with van der Waals surface area (Å²) in [6, 6.07) is 13.7. The number of nitrogens with one attached hydrogen (secondary N) is 1. The molecule has 0 aliphatic carbocycles. The van der Waals surface area contributed by atoms with Crippen LogP contribution in [0.3, 0.4) is 0 Å². The standard InChI is InChI=1S/C24H29NO5/c1-15-10-11-16(12-19(15)22(26)28-5)20-13-17(14-25-23(27)30-24(2,3)4)29-21-9-7-6-8-18(20)21/h6-12,17,20H,13-14H2,1-5H3,(H,25,27). The second-order valence-electron chi connectivity index (χ2n) is 8.51. The van der Waals surface area contributed by atoms with Crippen LogP contribution in [-0.2, 0) is 9.47 Å². The van der Waals surface area contributed by atoms with E-state index >= 15 is 0 Å². The minimum absolute atomic E-state index is 0.0318. The zero-order valence-corrected chi connectivity index (χ0v) is 18.2. The molecule has 3 rings (SSSR count). The maximum Gasteiger partial charge on any atom is 0.407 e. The van der Waals surface area contributed by atoms with Crippen LogP contribution in [-0.4, -0.2) is 37.4 Å². The minimum atomic E-state index is -0.557. The van der Waals surface area contributed by atoms with E-state index < -0.39 is 11.7 Å². The van der Waals surface area contributed by atoms with Crippen LogP contribution in [0.25, 0.3) is 0 Å². The van der Waals surface area contributed by atoms with E-state index in [0.717, 1.165) is 22.4 Å². The van der Waals surface area contributed by atoms with Crippen molar-refractivity contribution in [3.05, 3.63) is 64.7 Å². The van der Waals surface area contributed by atoms with E-state index in [1.807, 2.05) is 70.2 Å². The van der Waals surface area contributed by atoms with Gasteiger partial charge in [0.1, 0.15) is 17.5 Å².